The predicted molar refractivity (Wildman–Crippen MR) is 159 cm³/mol. The number of amides is 2. The van der Waals surface area contributed by atoms with Crippen molar-refractivity contribution in [3.63, 3.8) is 0 Å². The van der Waals surface area contributed by atoms with Gasteiger partial charge in [0, 0.05) is 32.2 Å². The Kier molecular flexibility index (Phi) is 9.65. The third-order valence-corrected chi connectivity index (χ3v) is 7.98. The van der Waals surface area contributed by atoms with Crippen LogP contribution in [0.3, 0.4) is 0 Å². The summed E-state index contributed by atoms with van der Waals surface area (Å²) >= 11 is 0. The minimum Gasteiger partial charge on any atom is -0.444 e. The van der Waals surface area contributed by atoms with Gasteiger partial charge in [0.15, 0.2) is 11.5 Å². The van der Waals surface area contributed by atoms with Crippen LogP contribution in [0, 0.1) is 18.8 Å². The average Bonchev–Trinajstić information content (AvgIpc) is 3.48. The lowest BCUT2D eigenvalue weighted by atomic mass is 9.86. The molecule has 0 spiro atoms. The number of hydrogen-bond acceptors (Lipinski definition) is 7. The van der Waals surface area contributed by atoms with Gasteiger partial charge in [-0.25, -0.2) is 18.4 Å². The van der Waals surface area contributed by atoms with E-state index in [4.69, 9.17) is 15.3 Å². The Morgan fingerprint density at radius 1 is 1.11 bits per heavy atom. The van der Waals surface area contributed by atoms with Crippen LogP contribution in [0.5, 0.6) is 0 Å². The number of ether oxygens (including phenoxy) is 1. The maximum absolute atomic E-state index is 13.9. The lowest BCUT2D eigenvalue weighted by Gasteiger charge is -2.35. The maximum Gasteiger partial charge on any atom is 0.410 e. The Balaban J connectivity index is 1.43. The first-order chi connectivity index (χ1) is 20.6. The molecule has 1 saturated heterocycles. The summed E-state index contributed by atoms with van der Waals surface area (Å²) in [6.45, 7) is 11.9. The molecule has 1 aliphatic heterocycles. The minimum atomic E-state index is -3.00. The van der Waals surface area contributed by atoms with Gasteiger partial charge in [0.2, 0.25) is 5.91 Å². The summed E-state index contributed by atoms with van der Waals surface area (Å²) in [5, 5.41) is 7.91. The van der Waals surface area contributed by atoms with Crippen LogP contribution in [-0.4, -0.2) is 75.2 Å². The molecule has 4 rings (SSSR count). The van der Waals surface area contributed by atoms with Crippen LogP contribution in [0.15, 0.2) is 35.5 Å². The Morgan fingerprint density at radius 2 is 1.75 bits per heavy atom. The molecule has 240 valence electrons. The van der Waals surface area contributed by atoms with E-state index in [2.05, 4.69) is 24.1 Å². The molecule has 1 saturated carbocycles. The van der Waals surface area contributed by atoms with Crippen molar-refractivity contribution in [1.82, 2.24) is 19.6 Å². The normalized spacial score (nSPS) is 20.7. The molecule has 2 amide bonds. The molecule has 13 heteroatoms. The molecule has 2 unspecified atom stereocenters. The second-order valence-corrected chi connectivity index (χ2v) is 12.9. The molecule has 11 nitrogen and oxygen atoms in total. The number of aromatic nitrogens is 2. The van der Waals surface area contributed by atoms with Crippen LogP contribution in [0.2, 0.25) is 0 Å². The van der Waals surface area contributed by atoms with Crippen LogP contribution in [0.25, 0.3) is 0 Å². The molecule has 1 aromatic heterocycles. The lowest BCUT2D eigenvalue weighted by Crippen LogP contribution is -2.52. The van der Waals surface area contributed by atoms with Crippen molar-refractivity contribution < 1.29 is 32.7 Å². The van der Waals surface area contributed by atoms with E-state index in [-0.39, 0.29) is 37.9 Å². The molecule has 2 atom stereocenters. The molecule has 44 heavy (non-hydrogen) atoms. The molecule has 1 aromatic carbocycles. The Morgan fingerprint density at radius 3 is 2.34 bits per heavy atom. The topological polar surface area (TPSA) is 132 Å². The van der Waals surface area contributed by atoms with Crippen molar-refractivity contribution in [3.05, 3.63) is 52.8 Å². The summed E-state index contributed by atoms with van der Waals surface area (Å²) in [4.78, 5) is 46.2. The standard InChI is InChI=1S/C31H42F2N6O5/c1-19(2)15-21-17-31(21,22-10-8-7-9-20(22)3)28(34)36-44-27(41)23-16-24(26(32)33)39(35-23)18-25(40)37-11-13-38(14-12-37)29(42)43-30(4,5)6/h7-10,16,19,21,26H,11-15,17-18H2,1-6H3,(H2,34,36). The van der Waals surface area contributed by atoms with Gasteiger partial charge >= 0.3 is 12.1 Å². The van der Waals surface area contributed by atoms with Gasteiger partial charge in [0.1, 0.15) is 17.8 Å². The fraction of sp³-hybridized carbons (Fsp3) is 0.581. The number of oxime groups is 1. The molecular formula is C31H42F2N6O5. The van der Waals surface area contributed by atoms with E-state index in [1.165, 1.54) is 9.80 Å². The van der Waals surface area contributed by atoms with E-state index in [1.807, 2.05) is 31.2 Å². The molecular weight excluding hydrogens is 574 g/mol. The number of piperazine rings is 1. The first-order valence-corrected chi connectivity index (χ1v) is 14.9. The monoisotopic (exact) mass is 616 g/mol. The number of halogens is 2. The number of alkyl halides is 2. The number of nitrogens with zero attached hydrogens (tertiary/aromatic N) is 5. The zero-order chi connectivity index (χ0) is 32.4. The highest BCUT2D eigenvalue weighted by Gasteiger charge is 2.59. The largest absolute Gasteiger partial charge is 0.444 e. The van der Waals surface area contributed by atoms with E-state index in [1.54, 1.807) is 20.8 Å². The second-order valence-electron chi connectivity index (χ2n) is 12.9. The van der Waals surface area contributed by atoms with Crippen LogP contribution >= 0.6 is 0 Å². The molecule has 2 fully saturated rings. The molecule has 1 aliphatic carbocycles. The fourth-order valence-corrected chi connectivity index (χ4v) is 5.78. The molecule has 2 aromatic rings. The highest BCUT2D eigenvalue weighted by molar-refractivity contribution is 5.96. The van der Waals surface area contributed by atoms with Gasteiger partial charge in [-0.3, -0.25) is 9.48 Å². The van der Waals surface area contributed by atoms with Gasteiger partial charge in [-0.1, -0.05) is 43.3 Å². The van der Waals surface area contributed by atoms with Crippen molar-refractivity contribution >= 4 is 23.8 Å². The van der Waals surface area contributed by atoms with Crippen LogP contribution in [0.4, 0.5) is 13.6 Å². The number of aryl methyl sites for hydroxylation is 1. The average molecular weight is 617 g/mol. The van der Waals surface area contributed by atoms with Crippen molar-refractivity contribution in [2.24, 2.45) is 22.7 Å². The molecule has 0 bridgehead atoms. The van der Waals surface area contributed by atoms with Crippen molar-refractivity contribution in [2.45, 2.75) is 78.4 Å². The zero-order valence-electron chi connectivity index (χ0n) is 26.2. The van der Waals surface area contributed by atoms with E-state index in [0.29, 0.717) is 5.92 Å². The van der Waals surface area contributed by atoms with E-state index in [0.717, 1.165) is 34.7 Å². The Labute approximate surface area is 256 Å². The van der Waals surface area contributed by atoms with Gasteiger partial charge in [0.05, 0.1) is 5.41 Å². The summed E-state index contributed by atoms with van der Waals surface area (Å²) in [7, 11) is 0. The number of carbonyl (C=O) groups excluding carboxylic acids is 3. The summed E-state index contributed by atoms with van der Waals surface area (Å²) in [6, 6.07) is 8.73. The predicted octanol–water partition coefficient (Wildman–Crippen LogP) is 4.64. The third-order valence-electron chi connectivity index (χ3n) is 7.98. The fourth-order valence-electron chi connectivity index (χ4n) is 5.78. The SMILES string of the molecule is Cc1ccccc1C1(/C(N)=N/OC(=O)c2cc(C(F)F)n(CC(=O)N3CCN(C(=O)OC(C)(C)C)CC3)n2)CC1CC(C)C. The summed E-state index contributed by atoms with van der Waals surface area (Å²) < 4.78 is 33.9. The number of nitrogens with two attached hydrogens (primary N) is 1. The third kappa shape index (κ3) is 7.36. The van der Waals surface area contributed by atoms with E-state index in [9.17, 15) is 23.2 Å². The number of rotatable bonds is 9. The van der Waals surface area contributed by atoms with Crippen molar-refractivity contribution in [3.8, 4) is 0 Å². The van der Waals surface area contributed by atoms with Gasteiger partial charge in [-0.2, -0.15) is 5.10 Å². The lowest BCUT2D eigenvalue weighted by molar-refractivity contribution is -0.133. The first-order valence-electron chi connectivity index (χ1n) is 14.9. The van der Waals surface area contributed by atoms with Crippen LogP contribution < -0.4 is 5.73 Å². The first kappa shape index (κ1) is 32.9. The summed E-state index contributed by atoms with van der Waals surface area (Å²) in [6.07, 6.45) is -1.82. The second kappa shape index (κ2) is 12.9. The van der Waals surface area contributed by atoms with Gasteiger partial charge in [0.25, 0.3) is 6.43 Å². The summed E-state index contributed by atoms with van der Waals surface area (Å²) in [5.74, 6) is -0.763. The smallest absolute Gasteiger partial charge is 0.410 e. The maximum atomic E-state index is 13.9. The van der Waals surface area contributed by atoms with Gasteiger partial charge in [-0.05, 0) is 63.5 Å². The van der Waals surface area contributed by atoms with Crippen LogP contribution in [0.1, 0.15) is 81.2 Å². The minimum absolute atomic E-state index is 0.139. The van der Waals surface area contributed by atoms with Crippen LogP contribution in [-0.2, 0) is 26.3 Å². The molecule has 2 aliphatic rings. The van der Waals surface area contributed by atoms with E-state index >= 15 is 0 Å². The number of hydrogen-bond donors (Lipinski definition) is 1. The Hall–Kier alpha value is -4.03. The quantitative estimate of drug-likeness (QED) is 0.188. The summed E-state index contributed by atoms with van der Waals surface area (Å²) in [5.41, 5.74) is 6.24. The number of amidine groups is 1. The number of benzene rings is 1. The molecule has 2 N–H and O–H groups in total. The van der Waals surface area contributed by atoms with Crippen molar-refractivity contribution in [1.29, 1.82) is 0 Å². The number of carbonyl (C=O) groups is 3. The highest BCUT2D eigenvalue weighted by Crippen LogP contribution is 2.58. The molecule has 0 radical (unpaired) electrons. The van der Waals surface area contributed by atoms with Crippen molar-refractivity contribution in [2.75, 3.05) is 26.2 Å². The Bertz CT molecular complexity index is 1410. The van der Waals surface area contributed by atoms with Gasteiger partial charge in [-0.15, -0.1) is 0 Å². The zero-order valence-corrected chi connectivity index (χ0v) is 26.2. The highest BCUT2D eigenvalue weighted by atomic mass is 19.3. The molecule has 2 heterocycles. The van der Waals surface area contributed by atoms with Gasteiger partial charge < -0.3 is 25.1 Å². The van der Waals surface area contributed by atoms with E-state index < -0.39 is 53.3 Å².